The van der Waals surface area contributed by atoms with E-state index < -0.39 is 12.9 Å². The second kappa shape index (κ2) is 6.75. The van der Waals surface area contributed by atoms with Crippen molar-refractivity contribution in [2.75, 3.05) is 13.2 Å². The second-order valence-corrected chi connectivity index (χ2v) is 9.73. The van der Waals surface area contributed by atoms with Crippen molar-refractivity contribution in [3.63, 3.8) is 0 Å². The summed E-state index contributed by atoms with van der Waals surface area (Å²) in [5, 5.41) is -0.779. The van der Waals surface area contributed by atoms with Crippen molar-refractivity contribution >= 4 is 13.3 Å². The van der Waals surface area contributed by atoms with Crippen molar-refractivity contribution in [1.29, 1.82) is 0 Å². The van der Waals surface area contributed by atoms with Gasteiger partial charge in [-0.15, -0.1) is 0 Å². The Hall–Kier alpha value is -0.180. The summed E-state index contributed by atoms with van der Waals surface area (Å²) in [6.45, 7) is 10.8. The van der Waals surface area contributed by atoms with Crippen LogP contribution in [-0.2, 0) is 13.6 Å². The molecule has 2 rings (SSSR count). The number of hydrogen-bond donors (Lipinski definition) is 0. The first-order valence-electron chi connectivity index (χ1n) is 8.77. The van der Waals surface area contributed by atoms with Crippen molar-refractivity contribution < 1.29 is 13.6 Å². The van der Waals surface area contributed by atoms with Gasteiger partial charge in [0.25, 0.3) is 0 Å². The van der Waals surface area contributed by atoms with Gasteiger partial charge in [-0.05, 0) is 46.0 Å². The Morgan fingerprint density at radius 1 is 1.09 bits per heavy atom. The fraction of sp³-hybridized carbons (Fsp3) is 0.941. The van der Waals surface area contributed by atoms with E-state index in [0.717, 1.165) is 6.42 Å². The molecule has 128 valence electrons. The zero-order valence-electron chi connectivity index (χ0n) is 14.9. The minimum atomic E-state index is -3.28. The molecule has 0 N–H and O–H groups in total. The van der Waals surface area contributed by atoms with Gasteiger partial charge in [0.1, 0.15) is 0 Å². The molecule has 4 nitrogen and oxygen atoms in total. The van der Waals surface area contributed by atoms with Gasteiger partial charge >= 0.3 is 7.60 Å². The van der Waals surface area contributed by atoms with Crippen molar-refractivity contribution in [1.82, 2.24) is 0 Å². The van der Waals surface area contributed by atoms with Crippen LogP contribution < -0.4 is 0 Å². The Morgan fingerprint density at radius 3 is 2.14 bits per heavy atom. The molecule has 0 aromatic carbocycles. The fourth-order valence-corrected chi connectivity index (χ4v) is 6.15. The summed E-state index contributed by atoms with van der Waals surface area (Å²) in [7, 11) is -3.28. The summed E-state index contributed by atoms with van der Waals surface area (Å²) in [5.74, 6) is 0.562. The SMILES string of the molecule is CCOP(=O)(OCC)[C@@]1(C)N=C(C2CCCCC2)CC1(C)C. The van der Waals surface area contributed by atoms with Crippen LogP contribution in [0.4, 0.5) is 0 Å². The highest BCUT2D eigenvalue weighted by atomic mass is 31.2. The molecule has 0 unspecified atom stereocenters. The Morgan fingerprint density at radius 2 is 1.64 bits per heavy atom. The number of aliphatic imine (C=N–C) groups is 1. The van der Waals surface area contributed by atoms with E-state index >= 15 is 0 Å². The van der Waals surface area contributed by atoms with Crippen LogP contribution in [0.1, 0.15) is 73.1 Å². The molecule has 1 atom stereocenters. The predicted molar refractivity (Wildman–Crippen MR) is 91.7 cm³/mol. The topological polar surface area (TPSA) is 47.9 Å². The van der Waals surface area contributed by atoms with E-state index in [2.05, 4.69) is 13.8 Å². The summed E-state index contributed by atoms with van der Waals surface area (Å²) in [6.07, 6.45) is 7.25. The lowest BCUT2D eigenvalue weighted by Gasteiger charge is -2.40. The van der Waals surface area contributed by atoms with Gasteiger partial charge in [-0.2, -0.15) is 0 Å². The molecule has 0 saturated heterocycles. The van der Waals surface area contributed by atoms with E-state index in [0.29, 0.717) is 19.1 Å². The normalized spacial score (nSPS) is 29.6. The molecule has 0 aromatic heterocycles. The van der Waals surface area contributed by atoms with Crippen LogP contribution in [0.25, 0.3) is 0 Å². The number of hydrogen-bond acceptors (Lipinski definition) is 4. The monoisotopic (exact) mass is 329 g/mol. The standard InChI is InChI=1S/C17H32NO3P/c1-6-20-22(19,21-7-2)17(5)16(3,4)13-15(18-17)14-11-9-8-10-12-14/h14H,6-13H2,1-5H3/t17-/m1/s1. The largest absolute Gasteiger partial charge is 0.358 e. The maximum Gasteiger partial charge on any atom is 0.358 e. The quantitative estimate of drug-likeness (QED) is 0.611. The average molecular weight is 329 g/mol. The summed E-state index contributed by atoms with van der Waals surface area (Å²) in [6, 6.07) is 0. The van der Waals surface area contributed by atoms with Crippen LogP contribution >= 0.6 is 7.60 Å². The van der Waals surface area contributed by atoms with E-state index in [1.165, 1.54) is 37.8 Å². The summed E-state index contributed by atoms with van der Waals surface area (Å²) in [4.78, 5) is 5.01. The number of rotatable bonds is 6. The van der Waals surface area contributed by atoms with E-state index in [9.17, 15) is 4.57 Å². The van der Waals surface area contributed by atoms with Crippen LogP contribution in [0.5, 0.6) is 0 Å². The van der Waals surface area contributed by atoms with Gasteiger partial charge < -0.3 is 9.05 Å². The van der Waals surface area contributed by atoms with Crippen LogP contribution in [0, 0.1) is 11.3 Å². The minimum absolute atomic E-state index is 0.209. The van der Waals surface area contributed by atoms with Crippen molar-refractivity contribution in [2.24, 2.45) is 16.3 Å². The Labute approximate surface area is 135 Å². The molecule has 2 aliphatic rings. The maximum atomic E-state index is 13.4. The van der Waals surface area contributed by atoms with Crippen LogP contribution in [-0.4, -0.2) is 24.2 Å². The lowest BCUT2D eigenvalue weighted by Crippen LogP contribution is -2.37. The molecule has 0 aromatic rings. The molecule has 0 spiro atoms. The molecule has 0 radical (unpaired) electrons. The van der Waals surface area contributed by atoms with Gasteiger partial charge in [-0.3, -0.25) is 9.56 Å². The summed E-state index contributed by atoms with van der Waals surface area (Å²) in [5.41, 5.74) is 1.03. The van der Waals surface area contributed by atoms with E-state index in [1.807, 2.05) is 20.8 Å². The molecular formula is C17H32NO3P. The van der Waals surface area contributed by atoms with Crippen molar-refractivity contribution in [2.45, 2.75) is 78.4 Å². The third kappa shape index (κ3) is 3.07. The van der Waals surface area contributed by atoms with E-state index in [4.69, 9.17) is 14.0 Å². The first-order chi connectivity index (χ1) is 10.3. The smallest absolute Gasteiger partial charge is 0.307 e. The first-order valence-corrected chi connectivity index (χ1v) is 10.3. The molecule has 1 saturated carbocycles. The van der Waals surface area contributed by atoms with Crippen molar-refractivity contribution in [3.05, 3.63) is 0 Å². The Balaban J connectivity index is 2.35. The molecule has 22 heavy (non-hydrogen) atoms. The summed E-state index contributed by atoms with van der Waals surface area (Å²) < 4.78 is 24.7. The molecule has 1 fully saturated rings. The van der Waals surface area contributed by atoms with Gasteiger partial charge in [0.2, 0.25) is 0 Å². The van der Waals surface area contributed by atoms with Gasteiger partial charge in [-0.25, -0.2) is 0 Å². The van der Waals surface area contributed by atoms with E-state index in [-0.39, 0.29) is 5.41 Å². The van der Waals surface area contributed by atoms with Gasteiger partial charge in [-0.1, -0.05) is 33.1 Å². The highest BCUT2D eigenvalue weighted by Gasteiger charge is 2.60. The van der Waals surface area contributed by atoms with Gasteiger partial charge in [0.15, 0.2) is 5.28 Å². The predicted octanol–water partition coefficient (Wildman–Crippen LogP) is 5.42. The Bertz CT molecular complexity index is 459. The van der Waals surface area contributed by atoms with E-state index in [1.54, 1.807) is 0 Å². The lowest BCUT2D eigenvalue weighted by molar-refractivity contribution is 0.164. The fourth-order valence-electron chi connectivity index (χ4n) is 3.82. The minimum Gasteiger partial charge on any atom is -0.307 e. The van der Waals surface area contributed by atoms with Crippen molar-refractivity contribution in [3.8, 4) is 0 Å². The highest BCUT2D eigenvalue weighted by Crippen LogP contribution is 2.69. The summed E-state index contributed by atoms with van der Waals surface area (Å²) >= 11 is 0. The third-order valence-corrected chi connectivity index (χ3v) is 8.44. The highest BCUT2D eigenvalue weighted by molar-refractivity contribution is 7.55. The average Bonchev–Trinajstić information content (AvgIpc) is 2.72. The second-order valence-electron chi connectivity index (χ2n) is 7.35. The molecule has 1 heterocycles. The molecule has 0 bridgehead atoms. The Kier molecular flexibility index (Phi) is 5.57. The van der Waals surface area contributed by atoms with Crippen LogP contribution in [0.3, 0.4) is 0 Å². The van der Waals surface area contributed by atoms with Crippen LogP contribution in [0.15, 0.2) is 4.99 Å². The molecule has 1 aliphatic heterocycles. The molecular weight excluding hydrogens is 297 g/mol. The first kappa shape index (κ1) is 18.2. The molecule has 5 heteroatoms. The number of nitrogens with zero attached hydrogens (tertiary/aromatic N) is 1. The third-order valence-electron chi connectivity index (χ3n) is 5.47. The maximum absolute atomic E-state index is 13.4. The van der Waals surface area contributed by atoms with Gasteiger partial charge in [0.05, 0.1) is 13.2 Å². The van der Waals surface area contributed by atoms with Gasteiger partial charge in [0, 0.05) is 11.1 Å². The van der Waals surface area contributed by atoms with Crippen LogP contribution in [0.2, 0.25) is 0 Å². The molecule has 1 aliphatic carbocycles. The zero-order valence-corrected chi connectivity index (χ0v) is 15.7. The lowest BCUT2D eigenvalue weighted by atomic mass is 9.78. The molecule has 0 amide bonds. The zero-order chi connectivity index (χ0) is 16.4.